The molecule has 0 aliphatic carbocycles. The van der Waals surface area contributed by atoms with E-state index < -0.39 is 11.9 Å². The first kappa shape index (κ1) is 25.4. The maximum absolute atomic E-state index is 13.2. The highest BCUT2D eigenvalue weighted by Gasteiger charge is 2.20. The van der Waals surface area contributed by atoms with E-state index in [1.54, 1.807) is 35.0 Å². The maximum atomic E-state index is 13.2. The number of ether oxygens (including phenoxy) is 2. The number of hydrogen-bond donors (Lipinski definition) is 3. The zero-order valence-electron chi connectivity index (χ0n) is 21.1. The largest absolute Gasteiger partial charge is 0.491 e. The van der Waals surface area contributed by atoms with Gasteiger partial charge in [-0.3, -0.25) is 19.7 Å². The predicted molar refractivity (Wildman–Crippen MR) is 138 cm³/mol. The van der Waals surface area contributed by atoms with Gasteiger partial charge in [-0.15, -0.1) is 0 Å². The molecule has 4 rings (SSSR count). The van der Waals surface area contributed by atoms with Crippen LogP contribution in [0.15, 0.2) is 30.3 Å². The maximum Gasteiger partial charge on any atom is 0.326 e. The first-order chi connectivity index (χ1) is 17.3. The minimum Gasteiger partial charge on any atom is -0.491 e. The molecule has 1 fully saturated rings. The molecule has 192 valence electrons. The lowest BCUT2D eigenvalue weighted by Gasteiger charge is -2.26. The second-order valence-electron chi connectivity index (χ2n) is 8.95. The average molecular weight is 496 g/mol. The second kappa shape index (κ2) is 11.4. The van der Waals surface area contributed by atoms with Crippen molar-refractivity contribution in [1.29, 1.82) is 0 Å². The second-order valence-corrected chi connectivity index (χ2v) is 8.95. The Morgan fingerprint density at radius 1 is 1.19 bits per heavy atom. The van der Waals surface area contributed by atoms with Crippen LogP contribution in [0.5, 0.6) is 5.75 Å². The van der Waals surface area contributed by atoms with Crippen LogP contribution in [0.2, 0.25) is 0 Å². The third kappa shape index (κ3) is 6.29. The number of rotatable bonds is 8. The van der Waals surface area contributed by atoms with Gasteiger partial charge in [-0.2, -0.15) is 5.10 Å². The van der Waals surface area contributed by atoms with E-state index in [1.165, 1.54) is 0 Å². The molecule has 0 unspecified atom stereocenters. The van der Waals surface area contributed by atoms with Gasteiger partial charge in [-0.1, -0.05) is 6.07 Å². The Labute approximate surface area is 210 Å². The summed E-state index contributed by atoms with van der Waals surface area (Å²) < 4.78 is 12.7. The molecule has 2 aromatic heterocycles. The van der Waals surface area contributed by atoms with Crippen molar-refractivity contribution < 1.29 is 19.1 Å². The zero-order valence-corrected chi connectivity index (χ0v) is 21.1. The monoisotopic (exact) mass is 495 g/mol. The van der Waals surface area contributed by atoms with Crippen LogP contribution < -0.4 is 20.7 Å². The van der Waals surface area contributed by atoms with E-state index in [0.717, 1.165) is 30.7 Å². The highest BCUT2D eigenvalue weighted by molar-refractivity contribution is 6.11. The summed E-state index contributed by atoms with van der Waals surface area (Å²) in [4.78, 5) is 32.8. The average Bonchev–Trinajstić information content (AvgIpc) is 3.11. The van der Waals surface area contributed by atoms with Gasteiger partial charge in [0.05, 0.1) is 30.6 Å². The SMILES string of the molecule is Cc1nn(C)c2nc(NCCN3CCOCC3)c(C(=O)NC(=O)Nc3cccc(OC(C)C)c3)cc12. The van der Waals surface area contributed by atoms with Crippen molar-refractivity contribution in [2.45, 2.75) is 26.9 Å². The molecule has 36 heavy (non-hydrogen) atoms. The number of hydrogen-bond acceptors (Lipinski definition) is 8. The summed E-state index contributed by atoms with van der Waals surface area (Å²) in [6.45, 7) is 10.2. The van der Waals surface area contributed by atoms with E-state index in [9.17, 15) is 9.59 Å². The van der Waals surface area contributed by atoms with Gasteiger partial charge in [0.15, 0.2) is 5.65 Å². The summed E-state index contributed by atoms with van der Waals surface area (Å²) >= 11 is 0. The van der Waals surface area contributed by atoms with Gasteiger partial charge >= 0.3 is 6.03 Å². The minimum atomic E-state index is -0.649. The molecule has 0 bridgehead atoms. The lowest BCUT2D eigenvalue weighted by Crippen LogP contribution is -2.39. The third-order valence-corrected chi connectivity index (χ3v) is 5.76. The van der Waals surface area contributed by atoms with Crippen molar-refractivity contribution in [1.82, 2.24) is 25.0 Å². The van der Waals surface area contributed by atoms with Crippen LogP contribution in [-0.2, 0) is 11.8 Å². The van der Waals surface area contributed by atoms with E-state index in [-0.39, 0.29) is 11.7 Å². The van der Waals surface area contributed by atoms with Gasteiger partial charge in [0.1, 0.15) is 11.6 Å². The van der Waals surface area contributed by atoms with Gasteiger partial charge in [0.2, 0.25) is 0 Å². The Morgan fingerprint density at radius 3 is 2.72 bits per heavy atom. The molecule has 3 N–H and O–H groups in total. The van der Waals surface area contributed by atoms with Gasteiger partial charge in [0.25, 0.3) is 5.91 Å². The van der Waals surface area contributed by atoms with Crippen molar-refractivity contribution >= 4 is 34.5 Å². The standard InChI is InChI=1S/C25H33N7O4/c1-16(2)36-19-7-5-6-18(14-19)27-25(34)29-24(33)21-15-20-17(3)30-31(4)23(20)28-22(21)26-8-9-32-10-12-35-13-11-32/h5-7,14-16H,8-13H2,1-4H3,(H,26,28)(H2,27,29,33,34). The molecule has 0 radical (unpaired) electrons. The van der Waals surface area contributed by atoms with Crippen LogP contribution in [0.3, 0.4) is 0 Å². The quantitative estimate of drug-likeness (QED) is 0.436. The first-order valence-electron chi connectivity index (χ1n) is 12.1. The number of nitrogens with one attached hydrogen (secondary N) is 3. The van der Waals surface area contributed by atoms with Crippen molar-refractivity contribution in [3.63, 3.8) is 0 Å². The van der Waals surface area contributed by atoms with Crippen molar-refractivity contribution in [3.05, 3.63) is 41.6 Å². The Bertz CT molecular complexity index is 1230. The molecule has 11 heteroatoms. The summed E-state index contributed by atoms with van der Waals surface area (Å²) in [5, 5.41) is 13.5. The van der Waals surface area contributed by atoms with Crippen LogP contribution in [0.25, 0.3) is 11.0 Å². The highest BCUT2D eigenvalue weighted by Crippen LogP contribution is 2.23. The number of aryl methyl sites for hydroxylation is 2. The van der Waals surface area contributed by atoms with Gasteiger partial charge in [-0.05, 0) is 39.0 Å². The van der Waals surface area contributed by atoms with E-state index in [1.807, 2.05) is 27.8 Å². The molecule has 11 nitrogen and oxygen atoms in total. The fourth-order valence-corrected chi connectivity index (χ4v) is 4.06. The van der Waals surface area contributed by atoms with E-state index in [0.29, 0.717) is 42.7 Å². The number of pyridine rings is 1. The molecule has 3 aromatic rings. The molecule has 1 saturated heterocycles. The van der Waals surface area contributed by atoms with E-state index >= 15 is 0 Å². The number of amides is 3. The number of nitrogens with zero attached hydrogens (tertiary/aromatic N) is 4. The number of imide groups is 1. The first-order valence-corrected chi connectivity index (χ1v) is 12.1. The molecule has 0 atom stereocenters. The summed E-state index contributed by atoms with van der Waals surface area (Å²) in [6, 6.07) is 8.08. The zero-order chi connectivity index (χ0) is 25.7. The minimum absolute atomic E-state index is 0.00294. The Balaban J connectivity index is 1.49. The molecule has 1 aliphatic heterocycles. The van der Waals surface area contributed by atoms with Crippen molar-refractivity contribution in [3.8, 4) is 5.75 Å². The topological polar surface area (TPSA) is 123 Å². The lowest BCUT2D eigenvalue weighted by molar-refractivity contribution is 0.0398. The normalized spacial score (nSPS) is 14.1. The highest BCUT2D eigenvalue weighted by atomic mass is 16.5. The number of carbonyl (C=O) groups is 2. The number of fused-ring (bicyclic) bond motifs is 1. The van der Waals surface area contributed by atoms with Gasteiger partial charge in [-0.25, -0.2) is 9.78 Å². The van der Waals surface area contributed by atoms with Crippen molar-refractivity contribution in [2.75, 3.05) is 50.0 Å². The molecule has 1 aliphatic rings. The van der Waals surface area contributed by atoms with Crippen LogP contribution in [-0.4, -0.2) is 77.1 Å². The Kier molecular flexibility index (Phi) is 8.01. The Morgan fingerprint density at radius 2 is 1.97 bits per heavy atom. The van der Waals surface area contributed by atoms with Crippen LogP contribution >= 0.6 is 0 Å². The number of urea groups is 1. The van der Waals surface area contributed by atoms with Crippen LogP contribution in [0.4, 0.5) is 16.3 Å². The molecular formula is C25H33N7O4. The number of anilines is 2. The predicted octanol–water partition coefficient (Wildman–Crippen LogP) is 2.77. The number of benzene rings is 1. The molecule has 3 heterocycles. The third-order valence-electron chi connectivity index (χ3n) is 5.76. The smallest absolute Gasteiger partial charge is 0.326 e. The fourth-order valence-electron chi connectivity index (χ4n) is 4.06. The molecule has 0 saturated carbocycles. The lowest BCUT2D eigenvalue weighted by atomic mass is 10.1. The molecule has 1 aromatic carbocycles. The number of morpholine rings is 1. The summed E-state index contributed by atoms with van der Waals surface area (Å²) in [5.74, 6) is 0.465. The van der Waals surface area contributed by atoms with Crippen molar-refractivity contribution in [2.24, 2.45) is 7.05 Å². The number of aromatic nitrogens is 3. The Hall–Kier alpha value is -3.70. The summed E-state index contributed by atoms with van der Waals surface area (Å²) in [7, 11) is 1.81. The van der Waals surface area contributed by atoms with E-state index in [2.05, 4.69) is 30.9 Å². The summed E-state index contributed by atoms with van der Waals surface area (Å²) in [5.41, 5.74) is 2.19. The van der Waals surface area contributed by atoms with Crippen LogP contribution in [0, 0.1) is 6.92 Å². The van der Waals surface area contributed by atoms with E-state index in [4.69, 9.17) is 9.47 Å². The summed E-state index contributed by atoms with van der Waals surface area (Å²) in [6.07, 6.45) is 0.00294. The fraction of sp³-hybridized carbons (Fsp3) is 0.440. The molecule has 0 spiro atoms. The van der Waals surface area contributed by atoms with Crippen LogP contribution in [0.1, 0.15) is 29.9 Å². The molecular weight excluding hydrogens is 462 g/mol. The number of carbonyl (C=O) groups excluding carboxylic acids is 2. The van der Waals surface area contributed by atoms with Gasteiger partial charge in [0, 0.05) is 50.4 Å². The van der Waals surface area contributed by atoms with Gasteiger partial charge < -0.3 is 20.1 Å². The molecule has 3 amide bonds.